The Balaban J connectivity index is 1.92. The molecule has 1 aromatic carbocycles. The molecule has 0 atom stereocenters. The van der Waals surface area contributed by atoms with Gasteiger partial charge in [0.25, 0.3) is 5.91 Å². The second-order valence-corrected chi connectivity index (χ2v) is 5.65. The molecule has 0 saturated heterocycles. The Kier molecular flexibility index (Phi) is 4.99. The van der Waals surface area contributed by atoms with Crippen LogP contribution in [0.3, 0.4) is 0 Å². The quantitative estimate of drug-likeness (QED) is 0.623. The summed E-state index contributed by atoms with van der Waals surface area (Å²) in [7, 11) is 1.80. The van der Waals surface area contributed by atoms with E-state index in [0.717, 1.165) is 11.3 Å². The highest BCUT2D eigenvalue weighted by atomic mass is 19.1. The van der Waals surface area contributed by atoms with E-state index in [2.05, 4.69) is 20.6 Å². The van der Waals surface area contributed by atoms with Crippen molar-refractivity contribution in [2.45, 2.75) is 6.92 Å². The van der Waals surface area contributed by atoms with Crippen molar-refractivity contribution in [1.29, 1.82) is 0 Å². The first-order valence-electron chi connectivity index (χ1n) is 7.98. The third kappa shape index (κ3) is 3.42. The third-order valence-corrected chi connectivity index (χ3v) is 3.80. The molecule has 0 aliphatic heterocycles. The van der Waals surface area contributed by atoms with E-state index in [1.165, 1.54) is 6.92 Å². The van der Waals surface area contributed by atoms with Gasteiger partial charge >= 0.3 is 0 Å². The Morgan fingerprint density at radius 3 is 2.85 bits per heavy atom. The van der Waals surface area contributed by atoms with Crippen LogP contribution < -0.4 is 15.8 Å². The molecule has 136 valence electrons. The van der Waals surface area contributed by atoms with Crippen LogP contribution in [0, 0.1) is 12.7 Å². The average Bonchev–Trinajstić information content (AvgIpc) is 3.19. The van der Waals surface area contributed by atoms with Gasteiger partial charge in [0.2, 0.25) is 0 Å². The van der Waals surface area contributed by atoms with Gasteiger partial charge in [-0.1, -0.05) is 0 Å². The number of aromatic amines is 1. The second-order valence-electron chi connectivity index (χ2n) is 5.65. The van der Waals surface area contributed by atoms with E-state index >= 15 is 0 Å². The van der Waals surface area contributed by atoms with Crippen molar-refractivity contribution in [3.63, 3.8) is 0 Å². The van der Waals surface area contributed by atoms with Crippen molar-refractivity contribution in [2.75, 3.05) is 18.5 Å². The Morgan fingerprint density at radius 2 is 2.23 bits per heavy atom. The summed E-state index contributed by atoms with van der Waals surface area (Å²) in [6.07, 6.45) is 1.66. The fourth-order valence-electron chi connectivity index (χ4n) is 2.50. The van der Waals surface area contributed by atoms with Crippen molar-refractivity contribution < 1.29 is 13.9 Å². The van der Waals surface area contributed by atoms with E-state index in [4.69, 9.17) is 10.5 Å². The van der Waals surface area contributed by atoms with Crippen molar-refractivity contribution in [2.24, 2.45) is 12.8 Å². The second kappa shape index (κ2) is 7.36. The maximum absolute atomic E-state index is 13.9. The van der Waals surface area contributed by atoms with Gasteiger partial charge in [-0.05, 0) is 31.2 Å². The summed E-state index contributed by atoms with van der Waals surface area (Å²) in [4.78, 5) is 12.3. The molecule has 0 fully saturated rings. The molecule has 0 bridgehead atoms. The summed E-state index contributed by atoms with van der Waals surface area (Å²) in [5, 5.41) is 12.9. The minimum Gasteiger partial charge on any atom is -0.492 e. The van der Waals surface area contributed by atoms with Gasteiger partial charge in [0.15, 0.2) is 11.5 Å². The van der Waals surface area contributed by atoms with Crippen LogP contribution in [0.1, 0.15) is 16.2 Å². The van der Waals surface area contributed by atoms with Gasteiger partial charge in [0, 0.05) is 31.0 Å². The molecule has 0 unspecified atom stereocenters. The molecular weight excluding hydrogens is 339 g/mol. The van der Waals surface area contributed by atoms with Gasteiger partial charge in [0.1, 0.15) is 12.4 Å². The van der Waals surface area contributed by atoms with Crippen LogP contribution >= 0.6 is 0 Å². The lowest BCUT2D eigenvalue weighted by atomic mass is 10.1. The van der Waals surface area contributed by atoms with Crippen LogP contribution in [0.2, 0.25) is 0 Å². The van der Waals surface area contributed by atoms with Gasteiger partial charge < -0.3 is 15.8 Å². The Bertz CT molecular complexity index is 933. The molecule has 26 heavy (non-hydrogen) atoms. The average molecular weight is 358 g/mol. The monoisotopic (exact) mass is 358 g/mol. The fraction of sp³-hybridized carbons (Fsp3) is 0.235. The predicted molar refractivity (Wildman–Crippen MR) is 94.4 cm³/mol. The van der Waals surface area contributed by atoms with Crippen LogP contribution in [0.5, 0.6) is 5.75 Å². The zero-order valence-electron chi connectivity index (χ0n) is 14.4. The smallest absolute Gasteiger partial charge is 0.279 e. The summed E-state index contributed by atoms with van der Waals surface area (Å²) in [6.45, 7) is 2.23. The lowest BCUT2D eigenvalue weighted by Gasteiger charge is -2.13. The van der Waals surface area contributed by atoms with Crippen molar-refractivity contribution in [1.82, 2.24) is 20.0 Å². The molecule has 2 aromatic heterocycles. The number of halogens is 1. The molecule has 9 heteroatoms. The number of nitrogens with one attached hydrogen (secondary N) is 2. The van der Waals surface area contributed by atoms with E-state index in [-0.39, 0.29) is 11.4 Å². The van der Waals surface area contributed by atoms with E-state index in [1.54, 1.807) is 36.1 Å². The number of H-pyrrole nitrogens is 1. The number of carbonyl (C=O) groups is 1. The molecule has 0 aliphatic carbocycles. The number of nitrogens with two attached hydrogens (primary N) is 1. The third-order valence-electron chi connectivity index (χ3n) is 3.80. The van der Waals surface area contributed by atoms with E-state index in [0.29, 0.717) is 24.6 Å². The van der Waals surface area contributed by atoms with E-state index < -0.39 is 11.7 Å². The number of anilines is 1. The number of aromatic nitrogens is 4. The summed E-state index contributed by atoms with van der Waals surface area (Å²) in [5.74, 6) is -0.700. The number of amides is 1. The molecule has 0 saturated carbocycles. The van der Waals surface area contributed by atoms with Crippen molar-refractivity contribution >= 4 is 11.6 Å². The zero-order valence-corrected chi connectivity index (χ0v) is 14.4. The van der Waals surface area contributed by atoms with Crippen LogP contribution in [0.15, 0.2) is 30.5 Å². The highest BCUT2D eigenvalue weighted by Crippen LogP contribution is 2.32. The standard InChI is InChI=1S/C17H19FN6O2/c1-10-15(18)16(23-22-10)17(25)21-11-3-4-14(26-8-6-19)12(9-11)13-5-7-20-24(13)2/h3-5,7,9H,6,8,19H2,1-2H3,(H,21,25)(H,22,23). The van der Waals surface area contributed by atoms with Gasteiger partial charge in [-0.3, -0.25) is 14.6 Å². The zero-order chi connectivity index (χ0) is 18.7. The molecule has 4 N–H and O–H groups in total. The van der Waals surface area contributed by atoms with Crippen LogP contribution in [0.25, 0.3) is 11.3 Å². The van der Waals surface area contributed by atoms with Crippen LogP contribution in [0.4, 0.5) is 10.1 Å². The summed E-state index contributed by atoms with van der Waals surface area (Å²) in [6, 6.07) is 6.95. The summed E-state index contributed by atoms with van der Waals surface area (Å²) in [5.41, 5.74) is 7.44. The van der Waals surface area contributed by atoms with E-state index in [9.17, 15) is 9.18 Å². The molecular formula is C17H19FN6O2. The number of carbonyl (C=O) groups excluding carboxylic acids is 1. The number of benzene rings is 1. The number of hydrogen-bond acceptors (Lipinski definition) is 5. The number of aryl methyl sites for hydroxylation is 2. The summed E-state index contributed by atoms with van der Waals surface area (Å²) < 4.78 is 21.2. The maximum Gasteiger partial charge on any atom is 0.279 e. The minimum absolute atomic E-state index is 0.205. The number of hydrogen-bond donors (Lipinski definition) is 3. The minimum atomic E-state index is -0.669. The van der Waals surface area contributed by atoms with Gasteiger partial charge in [-0.25, -0.2) is 4.39 Å². The Morgan fingerprint density at radius 1 is 1.42 bits per heavy atom. The van der Waals surface area contributed by atoms with Crippen molar-refractivity contribution in [3.05, 3.63) is 47.7 Å². The maximum atomic E-state index is 13.9. The van der Waals surface area contributed by atoms with Gasteiger partial charge in [0.05, 0.1) is 11.4 Å². The topological polar surface area (TPSA) is 111 Å². The lowest BCUT2D eigenvalue weighted by Crippen LogP contribution is -2.15. The molecule has 3 aromatic rings. The molecule has 0 radical (unpaired) electrons. The highest BCUT2D eigenvalue weighted by molar-refractivity contribution is 6.03. The van der Waals surface area contributed by atoms with Crippen LogP contribution in [-0.4, -0.2) is 39.0 Å². The SMILES string of the molecule is Cc1[nH]nc(C(=O)Nc2ccc(OCCN)c(-c3ccnn3C)c2)c1F. The van der Waals surface area contributed by atoms with E-state index in [1.807, 2.05) is 6.07 Å². The number of rotatable bonds is 6. The first-order chi connectivity index (χ1) is 12.5. The first kappa shape index (κ1) is 17.6. The summed E-state index contributed by atoms with van der Waals surface area (Å²) >= 11 is 0. The molecule has 8 nitrogen and oxygen atoms in total. The normalized spacial score (nSPS) is 10.8. The Labute approximate surface area is 149 Å². The van der Waals surface area contributed by atoms with Gasteiger partial charge in [-0.15, -0.1) is 0 Å². The molecule has 3 rings (SSSR count). The molecule has 2 heterocycles. The predicted octanol–water partition coefficient (Wildman–Crippen LogP) is 1.85. The molecule has 0 aliphatic rings. The molecule has 1 amide bonds. The first-order valence-corrected chi connectivity index (χ1v) is 7.98. The van der Waals surface area contributed by atoms with Crippen molar-refractivity contribution in [3.8, 4) is 17.0 Å². The fourth-order valence-corrected chi connectivity index (χ4v) is 2.50. The number of ether oxygens (including phenoxy) is 1. The molecule has 0 spiro atoms. The number of nitrogens with zero attached hydrogens (tertiary/aromatic N) is 3. The lowest BCUT2D eigenvalue weighted by molar-refractivity contribution is 0.101. The Hall–Kier alpha value is -3.20. The largest absolute Gasteiger partial charge is 0.492 e. The van der Waals surface area contributed by atoms with Crippen LogP contribution in [-0.2, 0) is 7.05 Å². The highest BCUT2D eigenvalue weighted by Gasteiger charge is 2.19. The van der Waals surface area contributed by atoms with Gasteiger partial charge in [-0.2, -0.15) is 10.2 Å².